The van der Waals surface area contributed by atoms with Crippen molar-refractivity contribution in [2.24, 2.45) is 0 Å². The highest BCUT2D eigenvalue weighted by Crippen LogP contribution is 2.39. The molecule has 0 saturated heterocycles. The Morgan fingerprint density at radius 3 is 2.37 bits per heavy atom. The fourth-order valence-electron chi connectivity index (χ4n) is 3.60. The van der Waals surface area contributed by atoms with Gasteiger partial charge >= 0.3 is 0 Å². The number of hydrogen-bond donors (Lipinski definition) is 2. The SMILES string of the molecule is CC1(c2[nH]c(=O)c(-c3ccccc3)c(O)c2C#N)C=CC(Oc2ccccc2)=CC1. The van der Waals surface area contributed by atoms with E-state index in [1.165, 1.54) is 0 Å². The summed E-state index contributed by atoms with van der Waals surface area (Å²) in [5.41, 5.74) is 0.0167. The van der Waals surface area contributed by atoms with Gasteiger partial charge in [-0.25, -0.2) is 0 Å². The van der Waals surface area contributed by atoms with Gasteiger partial charge in [-0.3, -0.25) is 4.79 Å². The summed E-state index contributed by atoms with van der Waals surface area (Å²) in [6.07, 6.45) is 6.12. The number of ether oxygens (including phenoxy) is 1. The van der Waals surface area contributed by atoms with Gasteiger partial charge in [0.05, 0.1) is 5.56 Å². The van der Waals surface area contributed by atoms with Gasteiger partial charge in [-0.2, -0.15) is 5.26 Å². The Labute approximate surface area is 174 Å². The predicted molar refractivity (Wildman–Crippen MR) is 115 cm³/mol. The molecule has 0 saturated carbocycles. The Morgan fingerprint density at radius 2 is 1.77 bits per heavy atom. The predicted octanol–water partition coefficient (Wildman–Crippen LogP) is 4.80. The molecule has 1 aliphatic rings. The van der Waals surface area contributed by atoms with Crippen molar-refractivity contribution in [3.63, 3.8) is 0 Å². The van der Waals surface area contributed by atoms with Crippen LogP contribution in [-0.4, -0.2) is 10.1 Å². The summed E-state index contributed by atoms with van der Waals surface area (Å²) in [7, 11) is 0. The molecular weight excluding hydrogens is 376 g/mol. The van der Waals surface area contributed by atoms with Gasteiger partial charge in [-0.1, -0.05) is 61.5 Å². The number of aromatic hydroxyl groups is 1. The number of H-pyrrole nitrogens is 1. The van der Waals surface area contributed by atoms with Gasteiger partial charge in [0.15, 0.2) is 0 Å². The van der Waals surface area contributed by atoms with E-state index in [1.807, 2.05) is 61.5 Å². The molecule has 5 heteroatoms. The van der Waals surface area contributed by atoms with Crippen LogP contribution in [0.25, 0.3) is 11.1 Å². The molecule has 4 rings (SSSR count). The largest absolute Gasteiger partial charge is 0.506 e. The van der Waals surface area contributed by atoms with Crippen LogP contribution in [0, 0.1) is 11.3 Å². The number of benzene rings is 2. The van der Waals surface area contributed by atoms with Crippen LogP contribution in [0.5, 0.6) is 11.5 Å². The van der Waals surface area contributed by atoms with Gasteiger partial charge in [0, 0.05) is 11.1 Å². The van der Waals surface area contributed by atoms with E-state index >= 15 is 0 Å². The summed E-state index contributed by atoms with van der Waals surface area (Å²) in [6, 6.07) is 20.3. The van der Waals surface area contributed by atoms with Crippen molar-refractivity contribution in [1.29, 1.82) is 5.26 Å². The van der Waals surface area contributed by atoms with Gasteiger partial charge in [-0.05, 0) is 36.3 Å². The molecule has 0 amide bonds. The highest BCUT2D eigenvalue weighted by molar-refractivity contribution is 5.73. The van der Waals surface area contributed by atoms with Crippen LogP contribution >= 0.6 is 0 Å². The standard InChI is InChI=1S/C25H20N2O3/c1-25(14-12-19(13-15-25)30-18-10-6-3-7-11-18)23-20(16-26)22(28)21(24(29)27-23)17-8-4-2-5-9-17/h2-14H,15H2,1H3,(H2,27,28,29). The Bertz CT molecular complexity index is 1240. The van der Waals surface area contributed by atoms with Crippen LogP contribution in [0.4, 0.5) is 0 Å². The third-order valence-electron chi connectivity index (χ3n) is 5.26. The first-order valence-corrected chi connectivity index (χ1v) is 9.59. The van der Waals surface area contributed by atoms with Gasteiger partial charge in [0.25, 0.3) is 5.56 Å². The number of nitrogens with zero attached hydrogens (tertiary/aromatic N) is 1. The lowest BCUT2D eigenvalue weighted by Gasteiger charge is -2.29. The van der Waals surface area contributed by atoms with E-state index in [2.05, 4.69) is 11.1 Å². The minimum atomic E-state index is -0.666. The zero-order valence-electron chi connectivity index (χ0n) is 16.4. The number of nitrogens with one attached hydrogen (secondary N) is 1. The molecule has 0 bridgehead atoms. The molecule has 0 fully saturated rings. The smallest absolute Gasteiger partial charge is 0.259 e. The third kappa shape index (κ3) is 3.51. The Kier molecular flexibility index (Phi) is 4.99. The van der Waals surface area contributed by atoms with E-state index in [0.29, 0.717) is 23.4 Å². The zero-order chi connectivity index (χ0) is 21.1. The number of aromatic nitrogens is 1. The third-order valence-corrected chi connectivity index (χ3v) is 5.26. The molecule has 5 nitrogen and oxygen atoms in total. The van der Waals surface area contributed by atoms with Crippen LogP contribution in [0.1, 0.15) is 24.6 Å². The fraction of sp³-hybridized carbons (Fsp3) is 0.120. The maximum Gasteiger partial charge on any atom is 0.259 e. The maximum absolute atomic E-state index is 12.8. The quantitative estimate of drug-likeness (QED) is 0.663. The molecule has 148 valence electrons. The second-order valence-corrected chi connectivity index (χ2v) is 7.38. The van der Waals surface area contributed by atoms with Crippen molar-refractivity contribution in [1.82, 2.24) is 4.98 Å². The Balaban J connectivity index is 1.70. The van der Waals surface area contributed by atoms with Crippen molar-refractivity contribution < 1.29 is 9.84 Å². The molecule has 2 aromatic carbocycles. The van der Waals surface area contributed by atoms with Crippen LogP contribution in [0.3, 0.4) is 0 Å². The Hall–Kier alpha value is -4.04. The van der Waals surface area contributed by atoms with Crippen LogP contribution in [0.2, 0.25) is 0 Å². The number of hydrogen-bond acceptors (Lipinski definition) is 4. The number of nitriles is 1. The summed E-state index contributed by atoms with van der Waals surface area (Å²) < 4.78 is 5.85. The average Bonchev–Trinajstić information content (AvgIpc) is 2.77. The minimum Gasteiger partial charge on any atom is -0.506 e. The highest BCUT2D eigenvalue weighted by Gasteiger charge is 2.32. The maximum atomic E-state index is 12.8. The van der Waals surface area contributed by atoms with Crippen LogP contribution in [0.15, 0.2) is 89.4 Å². The van der Waals surface area contributed by atoms with Crippen molar-refractivity contribution in [2.45, 2.75) is 18.8 Å². The van der Waals surface area contributed by atoms with Gasteiger partial charge in [-0.15, -0.1) is 0 Å². The van der Waals surface area contributed by atoms with Crippen LogP contribution < -0.4 is 10.3 Å². The van der Waals surface area contributed by atoms with Crippen molar-refractivity contribution in [3.05, 3.63) is 106 Å². The summed E-state index contributed by atoms with van der Waals surface area (Å²) >= 11 is 0. The number of aromatic amines is 1. The van der Waals surface area contributed by atoms with E-state index in [1.54, 1.807) is 24.3 Å². The lowest BCUT2D eigenvalue weighted by atomic mass is 9.77. The summed E-state index contributed by atoms with van der Waals surface area (Å²) in [4.78, 5) is 15.7. The number of para-hydroxylation sites is 1. The topological polar surface area (TPSA) is 86.1 Å². The van der Waals surface area contributed by atoms with E-state index in [-0.39, 0.29) is 16.9 Å². The molecule has 30 heavy (non-hydrogen) atoms. The fourth-order valence-corrected chi connectivity index (χ4v) is 3.60. The molecule has 3 aromatic rings. The zero-order valence-corrected chi connectivity index (χ0v) is 16.4. The molecule has 0 aliphatic heterocycles. The van der Waals surface area contributed by atoms with E-state index in [0.717, 1.165) is 5.75 Å². The molecule has 1 aliphatic carbocycles. The van der Waals surface area contributed by atoms with E-state index in [4.69, 9.17) is 4.74 Å². The van der Waals surface area contributed by atoms with Gasteiger partial charge < -0.3 is 14.8 Å². The second-order valence-electron chi connectivity index (χ2n) is 7.38. The van der Waals surface area contributed by atoms with Crippen molar-refractivity contribution in [3.8, 4) is 28.7 Å². The monoisotopic (exact) mass is 396 g/mol. The molecule has 1 atom stereocenters. The van der Waals surface area contributed by atoms with Gasteiger partial charge in [0.2, 0.25) is 0 Å². The van der Waals surface area contributed by atoms with Crippen LogP contribution in [-0.2, 0) is 5.41 Å². The molecule has 1 heterocycles. The van der Waals surface area contributed by atoms with Gasteiger partial charge in [0.1, 0.15) is 28.9 Å². The van der Waals surface area contributed by atoms with E-state index < -0.39 is 11.0 Å². The van der Waals surface area contributed by atoms with Crippen molar-refractivity contribution >= 4 is 0 Å². The highest BCUT2D eigenvalue weighted by atomic mass is 16.5. The summed E-state index contributed by atoms with van der Waals surface area (Å²) in [6.45, 7) is 1.91. The lowest BCUT2D eigenvalue weighted by molar-refractivity contribution is 0.426. The number of pyridine rings is 1. The molecule has 2 N–H and O–H groups in total. The molecule has 0 spiro atoms. The molecule has 0 radical (unpaired) electrons. The second kappa shape index (κ2) is 7.76. The summed E-state index contributed by atoms with van der Waals surface area (Å²) in [5, 5.41) is 20.5. The first kappa shape index (κ1) is 19.3. The normalized spacial score (nSPS) is 17.8. The average molecular weight is 396 g/mol. The first-order chi connectivity index (χ1) is 14.5. The first-order valence-electron chi connectivity index (χ1n) is 9.59. The van der Waals surface area contributed by atoms with Crippen molar-refractivity contribution in [2.75, 3.05) is 0 Å². The number of rotatable bonds is 4. The lowest BCUT2D eigenvalue weighted by Crippen LogP contribution is -2.28. The molecule has 1 aromatic heterocycles. The minimum absolute atomic E-state index is 0.0708. The van der Waals surface area contributed by atoms with E-state index in [9.17, 15) is 15.2 Å². The summed E-state index contributed by atoms with van der Waals surface area (Å²) in [5.74, 6) is 1.12. The molecule has 1 unspecified atom stereocenters. The number of allylic oxidation sites excluding steroid dienone is 3. The Morgan fingerprint density at radius 1 is 1.10 bits per heavy atom. The molecular formula is C25H20N2O3.